The van der Waals surface area contributed by atoms with Gasteiger partial charge in [0, 0.05) is 0 Å². The maximum Gasteiger partial charge on any atom is 0.407 e. The Bertz CT molecular complexity index is 866. The molecule has 0 saturated heterocycles. The highest BCUT2D eigenvalue weighted by Crippen LogP contribution is 2.24. The van der Waals surface area contributed by atoms with Crippen LogP contribution in [0.15, 0.2) is 59.0 Å². The Morgan fingerprint density at radius 2 is 1.81 bits per heavy atom. The Kier molecular flexibility index (Phi) is 5.46. The number of fused-ring (bicyclic) bond motifs is 1. The Hall–Kier alpha value is -2.86. The van der Waals surface area contributed by atoms with Crippen LogP contribution in [-0.4, -0.2) is 27.8 Å². The summed E-state index contributed by atoms with van der Waals surface area (Å²) in [7, 11) is 0. The molecule has 1 aromatic heterocycles. The number of nitrogens with one attached hydrogen (secondary N) is 1. The minimum absolute atomic E-state index is 0.160. The molecule has 0 spiro atoms. The summed E-state index contributed by atoms with van der Waals surface area (Å²) >= 11 is 0. The van der Waals surface area contributed by atoms with Crippen molar-refractivity contribution in [3.8, 4) is 0 Å². The molecule has 0 fully saturated rings. The SMILES string of the molecule is CC(C)(C)OC(=O)NC(Cc1ccccc1)C(O)c1nc2ccccc2o1. The molecule has 142 valence electrons. The molecule has 2 unspecified atom stereocenters. The van der Waals surface area contributed by atoms with Crippen molar-refractivity contribution < 1.29 is 19.1 Å². The minimum Gasteiger partial charge on any atom is -0.444 e. The van der Waals surface area contributed by atoms with Gasteiger partial charge in [0.2, 0.25) is 5.89 Å². The summed E-state index contributed by atoms with van der Waals surface area (Å²) in [5.41, 5.74) is 1.57. The molecule has 1 amide bonds. The Labute approximate surface area is 158 Å². The van der Waals surface area contributed by atoms with Gasteiger partial charge in [-0.25, -0.2) is 9.78 Å². The second kappa shape index (κ2) is 7.80. The zero-order chi connectivity index (χ0) is 19.4. The average molecular weight is 368 g/mol. The number of benzene rings is 2. The van der Waals surface area contributed by atoms with E-state index in [9.17, 15) is 9.90 Å². The van der Waals surface area contributed by atoms with Gasteiger partial charge in [-0.2, -0.15) is 0 Å². The molecule has 0 saturated carbocycles. The second-order valence-electron chi connectivity index (χ2n) is 7.41. The van der Waals surface area contributed by atoms with Crippen LogP contribution in [0.25, 0.3) is 11.1 Å². The number of hydrogen-bond acceptors (Lipinski definition) is 5. The maximum absolute atomic E-state index is 12.3. The van der Waals surface area contributed by atoms with Gasteiger partial charge in [0.05, 0.1) is 6.04 Å². The van der Waals surface area contributed by atoms with Crippen molar-refractivity contribution >= 4 is 17.2 Å². The zero-order valence-corrected chi connectivity index (χ0v) is 15.7. The fourth-order valence-corrected chi connectivity index (χ4v) is 2.76. The lowest BCUT2D eigenvalue weighted by Gasteiger charge is -2.25. The van der Waals surface area contributed by atoms with E-state index in [0.717, 1.165) is 5.56 Å². The third kappa shape index (κ3) is 5.08. The third-order valence-corrected chi connectivity index (χ3v) is 3.95. The van der Waals surface area contributed by atoms with Crippen LogP contribution < -0.4 is 5.32 Å². The van der Waals surface area contributed by atoms with E-state index in [2.05, 4.69) is 10.3 Å². The number of carbonyl (C=O) groups is 1. The van der Waals surface area contributed by atoms with Crippen LogP contribution in [0.1, 0.15) is 38.3 Å². The van der Waals surface area contributed by atoms with E-state index >= 15 is 0 Å². The first kappa shape index (κ1) is 18.9. The fraction of sp³-hybridized carbons (Fsp3) is 0.333. The predicted molar refractivity (Wildman–Crippen MR) is 102 cm³/mol. The van der Waals surface area contributed by atoms with Crippen molar-refractivity contribution in [3.63, 3.8) is 0 Å². The maximum atomic E-state index is 12.3. The highest BCUT2D eigenvalue weighted by atomic mass is 16.6. The first-order chi connectivity index (χ1) is 12.8. The van der Waals surface area contributed by atoms with Gasteiger partial charge in [-0.05, 0) is 44.9 Å². The second-order valence-corrected chi connectivity index (χ2v) is 7.41. The standard InChI is InChI=1S/C21H24N2O4/c1-21(2,3)27-20(25)23-16(13-14-9-5-4-6-10-14)18(24)19-22-15-11-7-8-12-17(15)26-19/h4-12,16,18,24H,13H2,1-3H3,(H,23,25). The molecule has 0 aliphatic heterocycles. The summed E-state index contributed by atoms with van der Waals surface area (Å²) in [5, 5.41) is 13.6. The smallest absolute Gasteiger partial charge is 0.407 e. The molecule has 3 aromatic rings. The molecule has 3 rings (SSSR count). The largest absolute Gasteiger partial charge is 0.444 e. The number of aliphatic hydroxyl groups excluding tert-OH is 1. The first-order valence-corrected chi connectivity index (χ1v) is 8.89. The number of hydrogen-bond donors (Lipinski definition) is 2. The average Bonchev–Trinajstić information content (AvgIpc) is 3.04. The van der Waals surface area contributed by atoms with Crippen LogP contribution in [0.4, 0.5) is 4.79 Å². The lowest BCUT2D eigenvalue weighted by Crippen LogP contribution is -2.43. The monoisotopic (exact) mass is 368 g/mol. The van der Waals surface area contributed by atoms with Crippen LogP contribution in [-0.2, 0) is 11.2 Å². The van der Waals surface area contributed by atoms with E-state index in [1.54, 1.807) is 26.8 Å². The summed E-state index contributed by atoms with van der Waals surface area (Å²) in [6.07, 6.45) is -1.32. The number of amides is 1. The molecule has 0 bridgehead atoms. The van der Waals surface area contributed by atoms with Gasteiger partial charge >= 0.3 is 6.09 Å². The van der Waals surface area contributed by atoms with Gasteiger partial charge in [-0.15, -0.1) is 0 Å². The Morgan fingerprint density at radius 1 is 1.15 bits per heavy atom. The van der Waals surface area contributed by atoms with Crippen molar-refractivity contribution in [1.82, 2.24) is 10.3 Å². The molecule has 0 radical (unpaired) electrons. The van der Waals surface area contributed by atoms with E-state index < -0.39 is 23.8 Å². The Morgan fingerprint density at radius 3 is 2.48 bits per heavy atom. The van der Waals surface area contributed by atoms with Crippen molar-refractivity contribution in [2.45, 2.75) is 44.9 Å². The van der Waals surface area contributed by atoms with Crippen LogP contribution >= 0.6 is 0 Å². The van der Waals surface area contributed by atoms with Gasteiger partial charge in [0.1, 0.15) is 11.1 Å². The molecular weight excluding hydrogens is 344 g/mol. The molecule has 0 aliphatic rings. The number of nitrogens with zero attached hydrogens (tertiary/aromatic N) is 1. The van der Waals surface area contributed by atoms with E-state index in [-0.39, 0.29) is 5.89 Å². The highest BCUT2D eigenvalue weighted by molar-refractivity contribution is 5.72. The normalized spacial score (nSPS) is 13.9. The van der Waals surface area contributed by atoms with E-state index in [1.165, 1.54) is 0 Å². The quantitative estimate of drug-likeness (QED) is 0.711. The Balaban J connectivity index is 1.84. The van der Waals surface area contributed by atoms with Crippen molar-refractivity contribution in [2.24, 2.45) is 0 Å². The van der Waals surface area contributed by atoms with E-state index in [4.69, 9.17) is 9.15 Å². The highest BCUT2D eigenvalue weighted by Gasteiger charge is 2.29. The van der Waals surface area contributed by atoms with Crippen molar-refractivity contribution in [1.29, 1.82) is 0 Å². The van der Waals surface area contributed by atoms with Crippen LogP contribution in [0, 0.1) is 0 Å². The minimum atomic E-state index is -1.12. The number of rotatable bonds is 5. The zero-order valence-electron chi connectivity index (χ0n) is 15.7. The van der Waals surface area contributed by atoms with Gasteiger partial charge < -0.3 is 19.6 Å². The summed E-state index contributed by atoms with van der Waals surface area (Å²) in [6.45, 7) is 5.36. The lowest BCUT2D eigenvalue weighted by molar-refractivity contribution is 0.0392. The summed E-state index contributed by atoms with van der Waals surface area (Å²) in [5.74, 6) is 0.160. The molecule has 2 N–H and O–H groups in total. The summed E-state index contributed by atoms with van der Waals surface area (Å²) < 4.78 is 11.0. The van der Waals surface area contributed by atoms with E-state index in [1.807, 2.05) is 48.5 Å². The predicted octanol–water partition coefficient (Wildman–Crippen LogP) is 4.00. The molecule has 0 aliphatic carbocycles. The fourth-order valence-electron chi connectivity index (χ4n) is 2.76. The summed E-state index contributed by atoms with van der Waals surface area (Å²) in [4.78, 5) is 16.6. The van der Waals surface area contributed by atoms with E-state index in [0.29, 0.717) is 17.5 Å². The topological polar surface area (TPSA) is 84.6 Å². The number of alkyl carbamates (subject to hydrolysis) is 1. The van der Waals surface area contributed by atoms with Crippen LogP contribution in [0.3, 0.4) is 0 Å². The number of ether oxygens (including phenoxy) is 1. The van der Waals surface area contributed by atoms with Gasteiger partial charge in [-0.3, -0.25) is 0 Å². The summed E-state index contributed by atoms with van der Waals surface area (Å²) in [6, 6.07) is 16.2. The number of carbonyl (C=O) groups excluding carboxylic acids is 1. The van der Waals surface area contributed by atoms with Crippen LogP contribution in [0.2, 0.25) is 0 Å². The van der Waals surface area contributed by atoms with Crippen LogP contribution in [0.5, 0.6) is 0 Å². The van der Waals surface area contributed by atoms with Crippen molar-refractivity contribution in [3.05, 3.63) is 66.1 Å². The lowest BCUT2D eigenvalue weighted by atomic mass is 10.0. The molecule has 6 heteroatoms. The molecule has 6 nitrogen and oxygen atoms in total. The number of aromatic nitrogens is 1. The molecule has 1 heterocycles. The third-order valence-electron chi connectivity index (χ3n) is 3.95. The van der Waals surface area contributed by atoms with Crippen molar-refractivity contribution in [2.75, 3.05) is 0 Å². The molecule has 27 heavy (non-hydrogen) atoms. The molecule has 2 atom stereocenters. The number of aliphatic hydroxyl groups is 1. The first-order valence-electron chi connectivity index (χ1n) is 8.89. The number of para-hydroxylation sites is 2. The molecule has 2 aromatic carbocycles. The van der Waals surface area contributed by atoms with Gasteiger partial charge in [-0.1, -0.05) is 42.5 Å². The molecular formula is C21H24N2O4. The van der Waals surface area contributed by atoms with Gasteiger partial charge in [0.15, 0.2) is 11.7 Å². The van der Waals surface area contributed by atoms with Gasteiger partial charge in [0.25, 0.3) is 0 Å². The number of oxazole rings is 1.